The number of amides is 1. The van der Waals surface area contributed by atoms with Gasteiger partial charge in [-0.15, -0.1) is 10.2 Å². The van der Waals surface area contributed by atoms with Crippen molar-refractivity contribution in [1.29, 1.82) is 0 Å². The van der Waals surface area contributed by atoms with Gasteiger partial charge in [-0.3, -0.25) is 9.36 Å². The molecule has 2 aromatic carbocycles. The van der Waals surface area contributed by atoms with Crippen LogP contribution in [-0.4, -0.2) is 53.7 Å². The number of nitrogens with zero attached hydrogens (tertiary/aromatic N) is 4. The van der Waals surface area contributed by atoms with E-state index in [1.807, 2.05) is 85.1 Å². The summed E-state index contributed by atoms with van der Waals surface area (Å²) in [7, 11) is 5.63. The zero-order chi connectivity index (χ0) is 21.5. The summed E-state index contributed by atoms with van der Waals surface area (Å²) < 4.78 is 7.25. The van der Waals surface area contributed by atoms with Crippen molar-refractivity contribution < 1.29 is 9.53 Å². The van der Waals surface area contributed by atoms with Crippen molar-refractivity contribution in [3.8, 4) is 11.4 Å². The molecule has 0 aliphatic carbocycles. The Morgan fingerprint density at radius 1 is 1.13 bits per heavy atom. The second kappa shape index (κ2) is 10.3. The normalized spacial score (nSPS) is 11.9. The number of carbonyl (C=O) groups is 1. The lowest BCUT2D eigenvalue weighted by Crippen LogP contribution is -2.23. The van der Waals surface area contributed by atoms with Gasteiger partial charge in [0.1, 0.15) is 0 Å². The van der Waals surface area contributed by atoms with Crippen molar-refractivity contribution in [2.75, 3.05) is 38.0 Å². The van der Waals surface area contributed by atoms with Crippen molar-refractivity contribution in [3.05, 3.63) is 54.6 Å². The van der Waals surface area contributed by atoms with Gasteiger partial charge in [-0.25, -0.2) is 0 Å². The lowest BCUT2D eigenvalue weighted by Gasteiger charge is -2.15. The number of rotatable bonds is 9. The second-order valence-electron chi connectivity index (χ2n) is 7.01. The molecule has 1 amide bonds. The Balaban J connectivity index is 1.72. The smallest absolute Gasteiger partial charge is 0.237 e. The summed E-state index contributed by atoms with van der Waals surface area (Å²) in [5.41, 5.74) is 2.82. The van der Waals surface area contributed by atoms with Crippen molar-refractivity contribution in [2.45, 2.75) is 23.9 Å². The summed E-state index contributed by atoms with van der Waals surface area (Å²) >= 11 is 1.39. The van der Waals surface area contributed by atoms with E-state index in [4.69, 9.17) is 4.74 Å². The molecule has 158 valence electrons. The van der Waals surface area contributed by atoms with Crippen molar-refractivity contribution in [1.82, 2.24) is 14.8 Å². The summed E-state index contributed by atoms with van der Waals surface area (Å²) in [6, 6.07) is 17.6. The van der Waals surface area contributed by atoms with E-state index in [1.54, 1.807) is 7.11 Å². The molecule has 3 rings (SSSR count). The first-order valence-corrected chi connectivity index (χ1v) is 10.6. The molecular weight excluding hydrogens is 398 g/mol. The molecule has 1 N–H and O–H groups in total. The topological polar surface area (TPSA) is 72.3 Å². The van der Waals surface area contributed by atoms with E-state index in [0.29, 0.717) is 18.3 Å². The first-order valence-electron chi connectivity index (χ1n) is 9.72. The van der Waals surface area contributed by atoms with Crippen molar-refractivity contribution in [3.63, 3.8) is 0 Å². The Bertz CT molecular complexity index is 957. The molecule has 0 aliphatic heterocycles. The fourth-order valence-corrected chi connectivity index (χ4v) is 3.73. The molecule has 3 aromatic rings. The van der Waals surface area contributed by atoms with Gasteiger partial charge >= 0.3 is 0 Å². The number of ether oxygens (including phenoxy) is 1. The van der Waals surface area contributed by atoms with E-state index in [9.17, 15) is 4.79 Å². The van der Waals surface area contributed by atoms with Gasteiger partial charge in [0.2, 0.25) is 5.91 Å². The van der Waals surface area contributed by atoms with Crippen molar-refractivity contribution >= 4 is 29.0 Å². The maximum absolute atomic E-state index is 12.7. The van der Waals surface area contributed by atoms with Crippen LogP contribution < -0.4 is 10.2 Å². The molecule has 1 aromatic heterocycles. The number of aromatic nitrogens is 3. The standard InChI is InChI=1S/C22H27N5O2S/c1-16(21(28)23-18-10-12-19(13-11-18)26(2)3)30-22-25-24-20(27(22)14-15-29-4)17-8-6-5-7-9-17/h5-13,16H,14-15H2,1-4H3,(H,23,28). The van der Waals surface area contributed by atoms with Crippen LogP contribution in [0.15, 0.2) is 59.8 Å². The van der Waals surface area contributed by atoms with Crippen LogP contribution in [0.25, 0.3) is 11.4 Å². The predicted octanol–water partition coefficient (Wildman–Crippen LogP) is 3.78. The van der Waals surface area contributed by atoms with Crippen LogP contribution in [0.3, 0.4) is 0 Å². The molecule has 0 aliphatic rings. The van der Waals surface area contributed by atoms with Gasteiger partial charge in [-0.2, -0.15) is 0 Å². The Morgan fingerprint density at radius 3 is 2.47 bits per heavy atom. The van der Waals surface area contributed by atoms with E-state index in [0.717, 1.165) is 22.8 Å². The van der Waals surface area contributed by atoms with Crippen LogP contribution >= 0.6 is 11.8 Å². The molecule has 7 nitrogen and oxygen atoms in total. The molecule has 0 fully saturated rings. The highest BCUT2D eigenvalue weighted by Gasteiger charge is 2.21. The van der Waals surface area contributed by atoms with Crippen LogP contribution in [-0.2, 0) is 16.1 Å². The van der Waals surface area contributed by atoms with Gasteiger partial charge in [0.05, 0.1) is 18.4 Å². The summed E-state index contributed by atoms with van der Waals surface area (Å²) in [6.45, 7) is 3.01. The molecule has 1 heterocycles. The second-order valence-corrected chi connectivity index (χ2v) is 8.32. The lowest BCUT2D eigenvalue weighted by molar-refractivity contribution is -0.115. The molecule has 30 heavy (non-hydrogen) atoms. The van der Waals surface area contributed by atoms with Gasteiger partial charge in [0.25, 0.3) is 0 Å². The van der Waals surface area contributed by atoms with Gasteiger partial charge in [-0.05, 0) is 31.2 Å². The number of benzene rings is 2. The predicted molar refractivity (Wildman–Crippen MR) is 122 cm³/mol. The summed E-state index contributed by atoms with van der Waals surface area (Å²) in [5.74, 6) is 0.683. The van der Waals surface area contributed by atoms with Crippen molar-refractivity contribution in [2.24, 2.45) is 0 Å². The van der Waals surface area contributed by atoms with Gasteiger partial charge < -0.3 is 15.0 Å². The summed E-state index contributed by atoms with van der Waals surface area (Å²) in [6.07, 6.45) is 0. The highest BCUT2D eigenvalue weighted by atomic mass is 32.2. The van der Waals surface area contributed by atoms with Gasteiger partial charge in [-0.1, -0.05) is 42.1 Å². The molecule has 0 saturated carbocycles. The monoisotopic (exact) mass is 425 g/mol. The first kappa shape index (κ1) is 21.9. The Kier molecular flexibility index (Phi) is 7.48. The van der Waals surface area contributed by atoms with E-state index >= 15 is 0 Å². The maximum atomic E-state index is 12.7. The quantitative estimate of drug-likeness (QED) is 0.526. The van der Waals surface area contributed by atoms with Gasteiger partial charge in [0.15, 0.2) is 11.0 Å². The van der Waals surface area contributed by atoms with E-state index in [-0.39, 0.29) is 11.2 Å². The number of carbonyl (C=O) groups excluding carboxylic acids is 1. The third-order valence-corrected chi connectivity index (χ3v) is 5.65. The molecule has 0 bridgehead atoms. The van der Waals surface area contributed by atoms with Gasteiger partial charge in [0, 0.05) is 38.1 Å². The highest BCUT2D eigenvalue weighted by molar-refractivity contribution is 8.00. The third kappa shape index (κ3) is 5.40. The maximum Gasteiger partial charge on any atom is 0.237 e. The number of methoxy groups -OCH3 is 1. The minimum absolute atomic E-state index is 0.0832. The minimum Gasteiger partial charge on any atom is -0.383 e. The molecule has 1 unspecified atom stereocenters. The third-order valence-electron chi connectivity index (χ3n) is 4.57. The number of nitrogens with one attached hydrogen (secondary N) is 1. The van der Waals surface area contributed by atoms with Crippen LogP contribution in [0, 0.1) is 0 Å². The molecule has 8 heteroatoms. The average molecular weight is 426 g/mol. The van der Waals surface area contributed by atoms with E-state index in [2.05, 4.69) is 15.5 Å². The van der Waals surface area contributed by atoms with Crippen LogP contribution in [0.2, 0.25) is 0 Å². The molecule has 0 radical (unpaired) electrons. The molecule has 1 atom stereocenters. The van der Waals surface area contributed by atoms with E-state index in [1.165, 1.54) is 11.8 Å². The lowest BCUT2D eigenvalue weighted by atomic mass is 10.2. The first-order chi connectivity index (χ1) is 14.5. The fraction of sp³-hybridized carbons (Fsp3) is 0.318. The largest absolute Gasteiger partial charge is 0.383 e. The fourth-order valence-electron chi connectivity index (χ4n) is 2.86. The Hall–Kier alpha value is -2.84. The Morgan fingerprint density at radius 2 is 1.83 bits per heavy atom. The SMILES string of the molecule is COCCn1c(SC(C)C(=O)Nc2ccc(N(C)C)cc2)nnc1-c1ccccc1. The molecule has 0 saturated heterocycles. The number of thioether (sulfide) groups is 1. The van der Waals surface area contributed by atoms with Crippen LogP contribution in [0.5, 0.6) is 0 Å². The summed E-state index contributed by atoms with van der Waals surface area (Å²) in [5, 5.41) is 12.0. The minimum atomic E-state index is -0.340. The number of hydrogen-bond donors (Lipinski definition) is 1. The van der Waals surface area contributed by atoms with E-state index < -0.39 is 0 Å². The summed E-state index contributed by atoms with van der Waals surface area (Å²) in [4.78, 5) is 14.7. The van der Waals surface area contributed by atoms with Crippen LogP contribution in [0.4, 0.5) is 11.4 Å². The molecule has 0 spiro atoms. The average Bonchev–Trinajstić information content (AvgIpc) is 3.15. The zero-order valence-electron chi connectivity index (χ0n) is 17.7. The highest BCUT2D eigenvalue weighted by Crippen LogP contribution is 2.27. The number of anilines is 2. The Labute approximate surface area is 181 Å². The zero-order valence-corrected chi connectivity index (χ0v) is 18.5. The molecular formula is C22H27N5O2S. The van der Waals surface area contributed by atoms with Crippen LogP contribution in [0.1, 0.15) is 6.92 Å². The number of hydrogen-bond acceptors (Lipinski definition) is 6.